The number of hydrogen-bond donors (Lipinski definition) is 1. The van der Waals surface area contributed by atoms with Crippen LogP contribution in [0.1, 0.15) is 20.8 Å². The van der Waals surface area contributed by atoms with Crippen LogP contribution in [0.2, 0.25) is 0 Å². The van der Waals surface area contributed by atoms with Gasteiger partial charge in [-0.25, -0.2) is 14.3 Å². The molecule has 1 amide bonds. The van der Waals surface area contributed by atoms with Gasteiger partial charge in [0.1, 0.15) is 5.60 Å². The van der Waals surface area contributed by atoms with Crippen molar-refractivity contribution in [1.82, 2.24) is 14.6 Å². The van der Waals surface area contributed by atoms with Crippen LogP contribution in [0, 0.1) is 0 Å². The van der Waals surface area contributed by atoms with Crippen molar-refractivity contribution in [2.24, 2.45) is 0 Å². The van der Waals surface area contributed by atoms with Gasteiger partial charge in [0.05, 0.1) is 5.52 Å². The summed E-state index contributed by atoms with van der Waals surface area (Å²) in [5, 5.41) is 7.64. The molecule has 2 rings (SSSR count). The van der Waals surface area contributed by atoms with E-state index in [1.165, 1.54) is 11.8 Å². The summed E-state index contributed by atoms with van der Waals surface area (Å²) in [5.74, 6) is 0.442. The Morgan fingerprint density at radius 2 is 2.21 bits per heavy atom. The third-order valence-electron chi connectivity index (χ3n) is 2.16. The number of nitrogens with zero attached hydrogens (tertiary/aromatic N) is 3. The van der Waals surface area contributed by atoms with Crippen molar-refractivity contribution < 1.29 is 9.53 Å². The van der Waals surface area contributed by atoms with E-state index >= 15 is 0 Å². The van der Waals surface area contributed by atoms with Crippen LogP contribution in [0.5, 0.6) is 0 Å². The van der Waals surface area contributed by atoms with Crippen LogP contribution >= 0.6 is 11.8 Å². The average Bonchev–Trinajstić information content (AvgIpc) is 2.67. The number of ether oxygens (including phenoxy) is 1. The molecule has 102 valence electrons. The van der Waals surface area contributed by atoms with Gasteiger partial charge in [0, 0.05) is 12.3 Å². The van der Waals surface area contributed by atoms with E-state index in [1.54, 1.807) is 16.8 Å². The summed E-state index contributed by atoms with van der Waals surface area (Å²) >= 11 is 1.49. The maximum atomic E-state index is 11.7. The highest BCUT2D eigenvalue weighted by Gasteiger charge is 2.17. The van der Waals surface area contributed by atoms with Crippen LogP contribution in [0.3, 0.4) is 0 Å². The lowest BCUT2D eigenvalue weighted by atomic mass is 10.2. The fourth-order valence-electron chi connectivity index (χ4n) is 1.51. The summed E-state index contributed by atoms with van der Waals surface area (Å²) < 4.78 is 6.85. The van der Waals surface area contributed by atoms with Crippen molar-refractivity contribution in [3.05, 3.63) is 18.3 Å². The first-order valence-corrected chi connectivity index (χ1v) is 7.00. The SMILES string of the molecule is CSc1nccc2cc(NC(=O)OC(C)(C)C)nn12. The molecule has 0 unspecified atom stereocenters. The van der Waals surface area contributed by atoms with Gasteiger partial charge in [-0.1, -0.05) is 11.8 Å². The average molecular weight is 280 g/mol. The Hall–Kier alpha value is -1.76. The third-order valence-corrected chi connectivity index (χ3v) is 2.80. The third kappa shape index (κ3) is 3.37. The fraction of sp³-hybridized carbons (Fsp3) is 0.417. The highest BCUT2D eigenvalue weighted by atomic mass is 32.2. The number of fused-ring (bicyclic) bond motifs is 1. The Kier molecular flexibility index (Phi) is 3.66. The van der Waals surface area contributed by atoms with Crippen LogP contribution in [0.4, 0.5) is 10.6 Å². The first kappa shape index (κ1) is 13.7. The molecular formula is C12H16N4O2S. The molecule has 0 spiro atoms. The lowest BCUT2D eigenvalue weighted by Crippen LogP contribution is -2.27. The first-order valence-electron chi connectivity index (χ1n) is 5.78. The van der Waals surface area contributed by atoms with Crippen molar-refractivity contribution in [2.45, 2.75) is 31.5 Å². The number of anilines is 1. The van der Waals surface area contributed by atoms with Crippen LogP contribution in [-0.2, 0) is 4.74 Å². The van der Waals surface area contributed by atoms with Crippen molar-refractivity contribution in [1.29, 1.82) is 0 Å². The van der Waals surface area contributed by atoms with Gasteiger partial charge in [0.2, 0.25) is 0 Å². The van der Waals surface area contributed by atoms with Crippen molar-refractivity contribution in [2.75, 3.05) is 11.6 Å². The van der Waals surface area contributed by atoms with E-state index in [1.807, 2.05) is 33.1 Å². The first-order chi connectivity index (χ1) is 8.89. The Balaban J connectivity index is 2.20. The molecule has 6 nitrogen and oxygen atoms in total. The van der Waals surface area contributed by atoms with E-state index in [4.69, 9.17) is 4.74 Å². The van der Waals surface area contributed by atoms with Crippen LogP contribution in [0.15, 0.2) is 23.5 Å². The second kappa shape index (κ2) is 5.08. The summed E-state index contributed by atoms with van der Waals surface area (Å²) in [6.45, 7) is 5.43. The van der Waals surface area contributed by atoms with Crippen LogP contribution in [0.25, 0.3) is 5.52 Å². The summed E-state index contributed by atoms with van der Waals surface area (Å²) in [5.41, 5.74) is 0.334. The zero-order valence-electron chi connectivity index (χ0n) is 11.3. The molecule has 0 bridgehead atoms. The zero-order valence-corrected chi connectivity index (χ0v) is 12.1. The fourth-order valence-corrected chi connectivity index (χ4v) is 1.99. The molecule has 0 aliphatic heterocycles. The van der Waals surface area contributed by atoms with E-state index in [2.05, 4.69) is 15.4 Å². The molecule has 2 heterocycles. The predicted octanol–water partition coefficient (Wildman–Crippen LogP) is 2.80. The highest BCUT2D eigenvalue weighted by molar-refractivity contribution is 7.98. The molecule has 0 saturated heterocycles. The van der Waals surface area contributed by atoms with Crippen LogP contribution < -0.4 is 5.32 Å². The Morgan fingerprint density at radius 3 is 2.84 bits per heavy atom. The molecule has 0 radical (unpaired) electrons. The smallest absolute Gasteiger partial charge is 0.413 e. The van der Waals surface area contributed by atoms with E-state index in [0.29, 0.717) is 5.82 Å². The van der Waals surface area contributed by atoms with Gasteiger partial charge in [-0.05, 0) is 33.1 Å². The van der Waals surface area contributed by atoms with Crippen molar-refractivity contribution in [3.63, 3.8) is 0 Å². The molecule has 0 saturated carbocycles. The van der Waals surface area contributed by atoms with Crippen molar-refractivity contribution >= 4 is 29.2 Å². The molecule has 0 aromatic carbocycles. The molecule has 0 aliphatic carbocycles. The molecule has 7 heteroatoms. The number of nitrogens with one attached hydrogen (secondary N) is 1. The molecule has 0 fully saturated rings. The van der Waals surface area contributed by atoms with E-state index in [9.17, 15) is 4.79 Å². The number of thioether (sulfide) groups is 1. The summed E-state index contributed by atoms with van der Waals surface area (Å²) in [6, 6.07) is 3.60. The number of carbonyl (C=O) groups excluding carboxylic acids is 1. The van der Waals surface area contributed by atoms with Gasteiger partial charge >= 0.3 is 6.09 Å². The maximum Gasteiger partial charge on any atom is 0.413 e. The Bertz CT molecular complexity index is 603. The molecule has 2 aromatic rings. The maximum absolute atomic E-state index is 11.7. The minimum Gasteiger partial charge on any atom is -0.444 e. The number of carbonyl (C=O) groups is 1. The van der Waals surface area contributed by atoms with Gasteiger partial charge < -0.3 is 4.74 Å². The van der Waals surface area contributed by atoms with Gasteiger partial charge in [-0.3, -0.25) is 5.32 Å². The number of amides is 1. The standard InChI is InChI=1S/C12H16N4O2S/c1-12(2,3)18-11(17)14-9-7-8-5-6-13-10(19-4)16(8)15-9/h5-7H,1-4H3,(H,14,15,17). The van der Waals surface area contributed by atoms with E-state index < -0.39 is 11.7 Å². The second-order valence-electron chi connectivity index (χ2n) is 4.92. The van der Waals surface area contributed by atoms with Gasteiger partial charge in [-0.15, -0.1) is 5.10 Å². The molecule has 2 aromatic heterocycles. The Morgan fingerprint density at radius 1 is 1.47 bits per heavy atom. The summed E-state index contributed by atoms with van der Waals surface area (Å²) in [4.78, 5) is 15.9. The monoisotopic (exact) mass is 280 g/mol. The molecule has 0 atom stereocenters. The topological polar surface area (TPSA) is 68.5 Å². The van der Waals surface area contributed by atoms with E-state index in [-0.39, 0.29) is 0 Å². The zero-order chi connectivity index (χ0) is 14.0. The number of rotatable bonds is 2. The van der Waals surface area contributed by atoms with Gasteiger partial charge in [0.25, 0.3) is 0 Å². The lowest BCUT2D eigenvalue weighted by Gasteiger charge is -2.18. The Labute approximate surface area is 115 Å². The van der Waals surface area contributed by atoms with Gasteiger partial charge in [-0.2, -0.15) is 0 Å². The quantitative estimate of drug-likeness (QED) is 0.676. The molecular weight excluding hydrogens is 264 g/mol. The predicted molar refractivity (Wildman–Crippen MR) is 74.6 cm³/mol. The number of aromatic nitrogens is 3. The number of hydrogen-bond acceptors (Lipinski definition) is 5. The minimum atomic E-state index is -0.533. The highest BCUT2D eigenvalue weighted by Crippen LogP contribution is 2.17. The largest absolute Gasteiger partial charge is 0.444 e. The normalized spacial score (nSPS) is 11.6. The molecule has 0 aliphatic rings. The summed E-state index contributed by atoms with van der Waals surface area (Å²) in [6.07, 6.45) is 3.11. The van der Waals surface area contributed by atoms with Crippen LogP contribution in [-0.4, -0.2) is 32.5 Å². The summed E-state index contributed by atoms with van der Waals surface area (Å²) in [7, 11) is 0. The molecule has 1 N–H and O–H groups in total. The van der Waals surface area contributed by atoms with Crippen molar-refractivity contribution in [3.8, 4) is 0 Å². The minimum absolute atomic E-state index is 0.442. The van der Waals surface area contributed by atoms with Gasteiger partial charge in [0.15, 0.2) is 11.0 Å². The van der Waals surface area contributed by atoms with E-state index in [0.717, 1.165) is 10.7 Å². The second-order valence-corrected chi connectivity index (χ2v) is 5.70. The molecule has 19 heavy (non-hydrogen) atoms. The lowest BCUT2D eigenvalue weighted by molar-refractivity contribution is 0.0635.